The molecule has 0 aliphatic rings. The van der Waals surface area contributed by atoms with E-state index in [4.69, 9.17) is 22.4 Å². The second-order valence-electron chi connectivity index (χ2n) is 4.03. The molecule has 0 fully saturated rings. The van der Waals surface area contributed by atoms with Gasteiger partial charge in [-0.2, -0.15) is 0 Å². The molecule has 0 heterocycles. The number of nitrogens with two attached hydrogens (primary N) is 1. The Hall–Kier alpha value is -2.28. The van der Waals surface area contributed by atoms with Gasteiger partial charge in [-0.1, -0.05) is 17.7 Å². The molecular formula is C12H14ClN3O4. The quantitative estimate of drug-likeness (QED) is 0.745. The molecule has 1 atom stereocenters. The Balaban J connectivity index is 3.02. The highest BCUT2D eigenvalue weighted by atomic mass is 35.5. The third-order valence-electron chi connectivity index (χ3n) is 2.54. The maximum absolute atomic E-state index is 11.8. The van der Waals surface area contributed by atoms with Crippen molar-refractivity contribution in [2.45, 2.75) is 13.0 Å². The van der Waals surface area contributed by atoms with Crippen LogP contribution in [0.15, 0.2) is 24.3 Å². The minimum atomic E-state index is -1.12. The smallest absolute Gasteiger partial charge is 0.323 e. The van der Waals surface area contributed by atoms with Gasteiger partial charge in [0.2, 0.25) is 5.91 Å². The van der Waals surface area contributed by atoms with Gasteiger partial charge < -0.3 is 15.7 Å². The highest BCUT2D eigenvalue weighted by molar-refractivity contribution is 6.30. The number of aliphatic carboxylic acids is 1. The minimum absolute atomic E-state index is 0.403. The standard InChI is InChI=1S/C12H14ClN3O4/c1-7(11(19)15-12(14)20)16(6-10(17)18)9-4-2-3-8(13)5-9/h2-5,7H,6H2,1H3,(H,17,18)(H3,14,15,19,20). The number of rotatable bonds is 5. The number of carbonyl (C=O) groups is 3. The lowest BCUT2D eigenvalue weighted by Crippen LogP contribution is -2.50. The lowest BCUT2D eigenvalue weighted by Gasteiger charge is -2.28. The van der Waals surface area contributed by atoms with Gasteiger partial charge in [0.25, 0.3) is 0 Å². The number of anilines is 1. The fourth-order valence-corrected chi connectivity index (χ4v) is 1.80. The van der Waals surface area contributed by atoms with Gasteiger partial charge in [0.05, 0.1) is 0 Å². The molecule has 0 aromatic heterocycles. The summed E-state index contributed by atoms with van der Waals surface area (Å²) in [6, 6.07) is 4.49. The molecule has 0 spiro atoms. The second kappa shape index (κ2) is 6.76. The van der Waals surface area contributed by atoms with E-state index in [0.717, 1.165) is 0 Å². The Morgan fingerprint density at radius 1 is 1.45 bits per heavy atom. The summed E-state index contributed by atoms with van der Waals surface area (Å²) in [5.41, 5.74) is 5.32. The molecule has 1 unspecified atom stereocenters. The molecule has 7 nitrogen and oxygen atoms in total. The lowest BCUT2D eigenvalue weighted by molar-refractivity contribution is -0.135. The van der Waals surface area contributed by atoms with Crippen molar-refractivity contribution in [1.82, 2.24) is 5.32 Å². The third-order valence-corrected chi connectivity index (χ3v) is 2.77. The summed E-state index contributed by atoms with van der Waals surface area (Å²) in [4.78, 5) is 34.7. The zero-order chi connectivity index (χ0) is 15.3. The van der Waals surface area contributed by atoms with Gasteiger partial charge in [-0.3, -0.25) is 14.9 Å². The summed E-state index contributed by atoms with van der Waals surface area (Å²) in [5.74, 6) is -1.82. The first-order chi connectivity index (χ1) is 9.31. The molecular weight excluding hydrogens is 286 g/mol. The summed E-state index contributed by atoms with van der Waals surface area (Å²) in [6.45, 7) is 1.04. The van der Waals surface area contributed by atoms with Gasteiger partial charge in [0.15, 0.2) is 0 Å². The largest absolute Gasteiger partial charge is 0.480 e. The average Bonchev–Trinajstić information content (AvgIpc) is 2.34. The third kappa shape index (κ3) is 4.43. The van der Waals surface area contributed by atoms with Crippen LogP contribution in [0.1, 0.15) is 6.92 Å². The van der Waals surface area contributed by atoms with Crippen LogP contribution in [0.4, 0.5) is 10.5 Å². The molecule has 0 saturated heterocycles. The van der Waals surface area contributed by atoms with E-state index in [1.54, 1.807) is 18.2 Å². The van der Waals surface area contributed by atoms with Crippen LogP contribution in [0.2, 0.25) is 5.02 Å². The average molecular weight is 300 g/mol. The number of amides is 3. The Labute approximate surface area is 120 Å². The van der Waals surface area contributed by atoms with Crippen LogP contribution in [0.5, 0.6) is 0 Å². The van der Waals surface area contributed by atoms with Crippen LogP contribution in [0.3, 0.4) is 0 Å². The molecule has 1 aromatic carbocycles. The fraction of sp³-hybridized carbons (Fsp3) is 0.250. The topological polar surface area (TPSA) is 113 Å². The van der Waals surface area contributed by atoms with Crippen LogP contribution >= 0.6 is 11.6 Å². The van der Waals surface area contributed by atoms with Crippen molar-refractivity contribution in [3.05, 3.63) is 29.3 Å². The monoisotopic (exact) mass is 299 g/mol. The maximum Gasteiger partial charge on any atom is 0.323 e. The Bertz CT molecular complexity index is 535. The van der Waals surface area contributed by atoms with Crippen molar-refractivity contribution in [3.8, 4) is 0 Å². The zero-order valence-corrected chi connectivity index (χ0v) is 11.4. The number of nitrogens with one attached hydrogen (secondary N) is 1. The van der Waals surface area contributed by atoms with Crippen molar-refractivity contribution in [3.63, 3.8) is 0 Å². The Morgan fingerprint density at radius 3 is 2.60 bits per heavy atom. The fourth-order valence-electron chi connectivity index (χ4n) is 1.62. The number of halogens is 1. The summed E-state index contributed by atoms with van der Waals surface area (Å²) in [7, 11) is 0. The number of carboxylic acids is 1. The van der Waals surface area contributed by atoms with Gasteiger partial charge >= 0.3 is 12.0 Å². The van der Waals surface area contributed by atoms with Gasteiger partial charge in [-0.25, -0.2) is 4.79 Å². The van der Waals surface area contributed by atoms with E-state index in [1.807, 2.05) is 5.32 Å². The van der Waals surface area contributed by atoms with Gasteiger partial charge in [-0.15, -0.1) is 0 Å². The molecule has 1 aromatic rings. The predicted octanol–water partition coefficient (Wildman–Crippen LogP) is 0.814. The Kier molecular flexibility index (Phi) is 5.33. The first-order valence-corrected chi connectivity index (χ1v) is 6.03. The van der Waals surface area contributed by atoms with Crippen molar-refractivity contribution < 1.29 is 19.5 Å². The van der Waals surface area contributed by atoms with Crippen molar-refractivity contribution in [1.29, 1.82) is 0 Å². The predicted molar refractivity (Wildman–Crippen MR) is 73.6 cm³/mol. The van der Waals surface area contributed by atoms with Crippen LogP contribution in [-0.2, 0) is 9.59 Å². The first kappa shape index (κ1) is 15.8. The highest BCUT2D eigenvalue weighted by Crippen LogP contribution is 2.21. The van der Waals surface area contributed by atoms with Crippen molar-refractivity contribution in [2.75, 3.05) is 11.4 Å². The molecule has 0 radical (unpaired) electrons. The van der Waals surface area contributed by atoms with Gasteiger partial charge in [0, 0.05) is 10.7 Å². The molecule has 1 rings (SSSR count). The number of carboxylic acid groups (broad SMARTS) is 1. The minimum Gasteiger partial charge on any atom is -0.480 e. The number of hydrogen-bond donors (Lipinski definition) is 3. The number of urea groups is 1. The molecule has 0 saturated carbocycles. The molecule has 3 amide bonds. The van der Waals surface area contributed by atoms with Crippen LogP contribution in [0.25, 0.3) is 0 Å². The number of imide groups is 1. The molecule has 20 heavy (non-hydrogen) atoms. The molecule has 4 N–H and O–H groups in total. The second-order valence-corrected chi connectivity index (χ2v) is 4.47. The van der Waals surface area contributed by atoms with E-state index < -0.39 is 30.5 Å². The number of hydrogen-bond acceptors (Lipinski definition) is 4. The summed E-state index contributed by atoms with van der Waals surface area (Å²) in [6.07, 6.45) is 0. The SMILES string of the molecule is CC(C(=O)NC(N)=O)N(CC(=O)O)c1cccc(Cl)c1. The van der Waals surface area contributed by atoms with Crippen molar-refractivity contribution >= 4 is 35.2 Å². The van der Waals surface area contributed by atoms with Crippen molar-refractivity contribution in [2.24, 2.45) is 5.73 Å². The first-order valence-electron chi connectivity index (χ1n) is 5.65. The van der Waals surface area contributed by atoms with Crippen LogP contribution in [0, 0.1) is 0 Å². The summed E-state index contributed by atoms with van der Waals surface area (Å²) in [5, 5.41) is 11.2. The molecule has 108 valence electrons. The van der Waals surface area contributed by atoms with Crippen LogP contribution < -0.4 is 16.0 Å². The summed E-state index contributed by atoms with van der Waals surface area (Å²) < 4.78 is 0. The lowest BCUT2D eigenvalue weighted by atomic mass is 10.2. The molecule has 0 bridgehead atoms. The highest BCUT2D eigenvalue weighted by Gasteiger charge is 2.24. The normalized spacial score (nSPS) is 11.5. The van der Waals surface area contributed by atoms with E-state index in [0.29, 0.717) is 10.7 Å². The molecule has 8 heteroatoms. The number of nitrogens with zero attached hydrogens (tertiary/aromatic N) is 1. The van der Waals surface area contributed by atoms with Gasteiger partial charge in [0.1, 0.15) is 12.6 Å². The molecule has 0 aliphatic carbocycles. The van der Waals surface area contributed by atoms with E-state index in [2.05, 4.69) is 0 Å². The molecule has 0 aliphatic heterocycles. The van der Waals surface area contributed by atoms with E-state index in [1.165, 1.54) is 17.9 Å². The van der Waals surface area contributed by atoms with Gasteiger partial charge in [-0.05, 0) is 25.1 Å². The summed E-state index contributed by atoms with van der Waals surface area (Å²) >= 11 is 5.85. The van der Waals surface area contributed by atoms with E-state index >= 15 is 0 Å². The Morgan fingerprint density at radius 2 is 2.10 bits per heavy atom. The van der Waals surface area contributed by atoms with E-state index in [9.17, 15) is 14.4 Å². The van der Waals surface area contributed by atoms with E-state index in [-0.39, 0.29) is 0 Å². The van der Waals surface area contributed by atoms with Crippen LogP contribution in [-0.4, -0.2) is 35.6 Å². The number of carbonyl (C=O) groups excluding carboxylic acids is 2. The number of benzene rings is 1. The number of primary amides is 1. The zero-order valence-electron chi connectivity index (χ0n) is 10.7. The maximum atomic E-state index is 11.8.